The SMILES string of the molecule is CNCCNS(=O)(=O)C=Cc1ccc(Cl)cc1. The molecule has 2 N–H and O–H groups in total. The molecule has 17 heavy (non-hydrogen) atoms. The Morgan fingerprint density at radius 3 is 2.47 bits per heavy atom. The molecule has 0 atom stereocenters. The highest BCUT2D eigenvalue weighted by Crippen LogP contribution is 2.10. The molecule has 0 aliphatic heterocycles. The Morgan fingerprint density at radius 2 is 1.88 bits per heavy atom. The van der Waals surface area contributed by atoms with Gasteiger partial charge >= 0.3 is 0 Å². The van der Waals surface area contributed by atoms with Crippen molar-refractivity contribution in [2.75, 3.05) is 20.1 Å². The van der Waals surface area contributed by atoms with Gasteiger partial charge in [0.2, 0.25) is 10.0 Å². The second-order valence-electron chi connectivity index (χ2n) is 3.40. The molecule has 1 aromatic carbocycles. The molecule has 0 aliphatic rings. The van der Waals surface area contributed by atoms with Gasteiger partial charge in [-0.25, -0.2) is 13.1 Å². The molecule has 0 saturated carbocycles. The van der Waals surface area contributed by atoms with E-state index in [9.17, 15) is 8.42 Å². The topological polar surface area (TPSA) is 58.2 Å². The first kappa shape index (κ1) is 14.2. The molecule has 0 aromatic heterocycles. The number of nitrogens with one attached hydrogen (secondary N) is 2. The third kappa shape index (κ3) is 5.83. The van der Waals surface area contributed by atoms with Crippen molar-refractivity contribution in [3.8, 4) is 0 Å². The van der Waals surface area contributed by atoms with Crippen LogP contribution in [0.15, 0.2) is 29.7 Å². The fourth-order valence-corrected chi connectivity index (χ4v) is 2.05. The zero-order valence-electron chi connectivity index (χ0n) is 9.48. The van der Waals surface area contributed by atoms with Gasteiger partial charge in [0.05, 0.1) is 0 Å². The van der Waals surface area contributed by atoms with Gasteiger partial charge in [-0.05, 0) is 30.8 Å². The van der Waals surface area contributed by atoms with Gasteiger partial charge < -0.3 is 5.32 Å². The summed E-state index contributed by atoms with van der Waals surface area (Å²) in [4.78, 5) is 0. The van der Waals surface area contributed by atoms with Gasteiger partial charge in [-0.3, -0.25) is 0 Å². The van der Waals surface area contributed by atoms with Crippen LogP contribution in [0.2, 0.25) is 5.02 Å². The molecule has 1 rings (SSSR count). The lowest BCUT2D eigenvalue weighted by Gasteiger charge is -2.01. The molecule has 0 heterocycles. The van der Waals surface area contributed by atoms with Gasteiger partial charge in [0.1, 0.15) is 0 Å². The smallest absolute Gasteiger partial charge is 0.233 e. The van der Waals surface area contributed by atoms with Crippen molar-refractivity contribution in [3.63, 3.8) is 0 Å². The molecule has 0 unspecified atom stereocenters. The number of hydrogen-bond donors (Lipinski definition) is 2. The fourth-order valence-electron chi connectivity index (χ4n) is 1.11. The van der Waals surface area contributed by atoms with Crippen LogP contribution in [0.1, 0.15) is 5.56 Å². The molecular formula is C11H15ClN2O2S. The number of likely N-dealkylation sites (N-methyl/N-ethyl adjacent to an activating group) is 1. The maximum atomic E-state index is 11.5. The van der Waals surface area contributed by atoms with E-state index in [1.165, 1.54) is 6.08 Å². The molecule has 6 heteroatoms. The minimum atomic E-state index is -3.37. The lowest BCUT2D eigenvalue weighted by molar-refractivity contribution is 0.589. The van der Waals surface area contributed by atoms with Gasteiger partial charge in [0.15, 0.2) is 0 Å². The largest absolute Gasteiger partial charge is 0.318 e. The van der Waals surface area contributed by atoms with E-state index in [0.717, 1.165) is 11.0 Å². The van der Waals surface area contributed by atoms with Gasteiger partial charge in [0, 0.05) is 23.5 Å². The van der Waals surface area contributed by atoms with E-state index in [2.05, 4.69) is 10.0 Å². The lowest BCUT2D eigenvalue weighted by Crippen LogP contribution is -2.28. The summed E-state index contributed by atoms with van der Waals surface area (Å²) in [5.41, 5.74) is 0.786. The molecule has 0 bridgehead atoms. The van der Waals surface area contributed by atoms with E-state index in [1.54, 1.807) is 31.3 Å². The maximum absolute atomic E-state index is 11.5. The van der Waals surface area contributed by atoms with Crippen molar-refractivity contribution in [2.24, 2.45) is 0 Å². The second kappa shape index (κ2) is 6.76. The van der Waals surface area contributed by atoms with Crippen molar-refractivity contribution in [2.45, 2.75) is 0 Å². The molecule has 1 aromatic rings. The van der Waals surface area contributed by atoms with Crippen LogP contribution in [0.3, 0.4) is 0 Å². The summed E-state index contributed by atoms with van der Waals surface area (Å²) in [7, 11) is -1.60. The van der Waals surface area contributed by atoms with Gasteiger partial charge in [-0.2, -0.15) is 0 Å². The Bertz CT molecular complexity index is 469. The third-order valence-corrected chi connectivity index (χ3v) is 3.34. The van der Waals surface area contributed by atoms with E-state index >= 15 is 0 Å². The molecule has 0 saturated heterocycles. The Balaban J connectivity index is 2.60. The first-order valence-corrected chi connectivity index (χ1v) is 7.04. The zero-order chi connectivity index (χ0) is 12.7. The van der Waals surface area contributed by atoms with Crippen LogP contribution in [0.25, 0.3) is 6.08 Å². The van der Waals surface area contributed by atoms with E-state index in [0.29, 0.717) is 18.1 Å². The second-order valence-corrected chi connectivity index (χ2v) is 5.48. The summed E-state index contributed by atoms with van der Waals surface area (Å²) in [6, 6.07) is 6.93. The lowest BCUT2D eigenvalue weighted by atomic mass is 10.2. The van der Waals surface area contributed by atoms with Crippen LogP contribution in [0, 0.1) is 0 Å². The number of sulfonamides is 1. The fraction of sp³-hybridized carbons (Fsp3) is 0.273. The van der Waals surface area contributed by atoms with Crippen molar-refractivity contribution in [1.29, 1.82) is 0 Å². The van der Waals surface area contributed by atoms with E-state index in [-0.39, 0.29) is 0 Å². The molecule has 0 radical (unpaired) electrons. The molecule has 4 nitrogen and oxygen atoms in total. The van der Waals surface area contributed by atoms with Crippen molar-refractivity contribution < 1.29 is 8.42 Å². The van der Waals surface area contributed by atoms with Crippen LogP contribution >= 0.6 is 11.6 Å². The van der Waals surface area contributed by atoms with Crippen LogP contribution < -0.4 is 10.0 Å². The average Bonchev–Trinajstić information content (AvgIpc) is 2.29. The maximum Gasteiger partial charge on any atom is 0.233 e. The summed E-state index contributed by atoms with van der Waals surface area (Å²) >= 11 is 5.72. The Labute approximate surface area is 107 Å². The quantitative estimate of drug-likeness (QED) is 0.772. The van der Waals surface area contributed by atoms with Crippen molar-refractivity contribution in [1.82, 2.24) is 10.0 Å². The predicted molar refractivity (Wildman–Crippen MR) is 71.3 cm³/mol. The third-order valence-electron chi connectivity index (χ3n) is 1.99. The molecule has 0 amide bonds. The standard InChI is InChI=1S/C11H15ClN2O2S/c1-13-7-8-14-17(15,16)9-6-10-2-4-11(12)5-3-10/h2-6,9,13-14H,7-8H2,1H3. The number of hydrogen-bond acceptors (Lipinski definition) is 3. The van der Waals surface area contributed by atoms with Crippen molar-refractivity contribution >= 4 is 27.7 Å². The Morgan fingerprint density at radius 1 is 1.24 bits per heavy atom. The zero-order valence-corrected chi connectivity index (χ0v) is 11.1. The monoisotopic (exact) mass is 274 g/mol. The average molecular weight is 275 g/mol. The van der Waals surface area contributed by atoms with Crippen LogP contribution in [-0.4, -0.2) is 28.6 Å². The molecule has 94 valence electrons. The summed E-state index contributed by atoms with van der Waals surface area (Å²) in [6.45, 7) is 0.956. The first-order valence-electron chi connectivity index (χ1n) is 5.11. The van der Waals surface area contributed by atoms with Crippen molar-refractivity contribution in [3.05, 3.63) is 40.3 Å². The number of halogens is 1. The number of benzene rings is 1. The highest BCUT2D eigenvalue weighted by atomic mass is 35.5. The van der Waals surface area contributed by atoms with Gasteiger partial charge in [0.25, 0.3) is 0 Å². The highest BCUT2D eigenvalue weighted by molar-refractivity contribution is 7.92. The molecule has 0 spiro atoms. The molecule has 0 fully saturated rings. The van der Waals surface area contributed by atoms with Crippen LogP contribution in [0.5, 0.6) is 0 Å². The normalized spacial score (nSPS) is 12.1. The highest BCUT2D eigenvalue weighted by Gasteiger charge is 2.02. The van der Waals surface area contributed by atoms with Gasteiger partial charge in [-0.15, -0.1) is 0 Å². The van der Waals surface area contributed by atoms with Crippen LogP contribution in [0.4, 0.5) is 0 Å². The summed E-state index contributed by atoms with van der Waals surface area (Å²) in [5, 5.41) is 4.62. The predicted octanol–water partition coefficient (Wildman–Crippen LogP) is 1.45. The summed E-state index contributed by atoms with van der Waals surface area (Å²) in [6.07, 6.45) is 1.53. The summed E-state index contributed by atoms with van der Waals surface area (Å²) < 4.78 is 25.4. The first-order chi connectivity index (χ1) is 8.03. The summed E-state index contributed by atoms with van der Waals surface area (Å²) in [5.74, 6) is 0. The van der Waals surface area contributed by atoms with Crippen LogP contribution in [-0.2, 0) is 10.0 Å². The number of rotatable bonds is 6. The molecular weight excluding hydrogens is 260 g/mol. The van der Waals surface area contributed by atoms with E-state index in [4.69, 9.17) is 11.6 Å². The van der Waals surface area contributed by atoms with E-state index in [1.807, 2.05) is 0 Å². The van der Waals surface area contributed by atoms with Gasteiger partial charge in [-0.1, -0.05) is 23.7 Å². The minimum Gasteiger partial charge on any atom is -0.318 e. The van der Waals surface area contributed by atoms with E-state index < -0.39 is 10.0 Å². The Kier molecular flexibility index (Phi) is 5.64. The minimum absolute atomic E-state index is 0.365. The Hall–Kier alpha value is -0.880. The molecule has 0 aliphatic carbocycles.